The fourth-order valence-corrected chi connectivity index (χ4v) is 2.57. The van der Waals surface area contributed by atoms with Crippen molar-refractivity contribution in [2.45, 2.75) is 38.7 Å². The first kappa shape index (κ1) is 16.3. The summed E-state index contributed by atoms with van der Waals surface area (Å²) < 4.78 is 5.40. The summed E-state index contributed by atoms with van der Waals surface area (Å²) in [6.45, 7) is 6.74. The van der Waals surface area contributed by atoms with Crippen molar-refractivity contribution in [3.05, 3.63) is 36.2 Å². The Morgan fingerprint density at radius 2 is 1.79 bits per heavy atom. The molecule has 1 aromatic heterocycles. The molecule has 1 unspecified atom stereocenters. The van der Waals surface area contributed by atoms with E-state index in [4.69, 9.17) is 4.74 Å². The summed E-state index contributed by atoms with van der Waals surface area (Å²) in [5.41, 5.74) is 0.386. The Labute approximate surface area is 141 Å². The topological polar surface area (TPSA) is 81.1 Å². The van der Waals surface area contributed by atoms with Crippen LogP contribution in [0.2, 0.25) is 0 Å². The Kier molecular flexibility index (Phi) is 4.42. The first-order valence-corrected chi connectivity index (χ1v) is 8.03. The second-order valence-electron chi connectivity index (χ2n) is 6.86. The largest absolute Gasteiger partial charge is 0.444 e. The quantitative estimate of drug-likeness (QED) is 0.843. The van der Waals surface area contributed by atoms with Gasteiger partial charge < -0.3 is 9.64 Å². The lowest BCUT2D eigenvalue weighted by Crippen LogP contribution is -2.35. The van der Waals surface area contributed by atoms with Crippen LogP contribution in [0.25, 0.3) is 11.4 Å². The molecule has 2 aromatic rings. The van der Waals surface area contributed by atoms with Crippen molar-refractivity contribution in [2.24, 2.45) is 0 Å². The maximum absolute atomic E-state index is 12.1. The van der Waals surface area contributed by atoms with E-state index in [1.807, 2.05) is 51.1 Å². The van der Waals surface area contributed by atoms with Crippen LogP contribution in [-0.4, -0.2) is 50.1 Å². The number of rotatable bonds is 2. The van der Waals surface area contributed by atoms with E-state index in [1.54, 1.807) is 4.90 Å². The smallest absolute Gasteiger partial charge is 0.410 e. The van der Waals surface area contributed by atoms with Gasteiger partial charge in [0, 0.05) is 24.6 Å². The SMILES string of the molecule is CC(C)(C)OC(=O)N1CCC(c2nnc(-c3ccccc3)nn2)C1. The van der Waals surface area contributed by atoms with Crippen LogP contribution in [0.4, 0.5) is 4.79 Å². The number of carbonyl (C=O) groups excluding carboxylic acids is 1. The Morgan fingerprint density at radius 3 is 2.42 bits per heavy atom. The average Bonchev–Trinajstić information content (AvgIpc) is 3.04. The molecule has 1 atom stereocenters. The third-order valence-corrected chi connectivity index (χ3v) is 3.73. The van der Waals surface area contributed by atoms with Crippen molar-refractivity contribution < 1.29 is 9.53 Å². The minimum atomic E-state index is -0.494. The van der Waals surface area contributed by atoms with Crippen LogP contribution < -0.4 is 0 Å². The molecule has 126 valence electrons. The zero-order valence-electron chi connectivity index (χ0n) is 14.1. The molecular weight excluding hydrogens is 306 g/mol. The predicted molar refractivity (Wildman–Crippen MR) is 88.2 cm³/mol. The van der Waals surface area contributed by atoms with Crippen molar-refractivity contribution in [2.75, 3.05) is 13.1 Å². The molecule has 1 aromatic carbocycles. The Bertz CT molecular complexity index is 697. The van der Waals surface area contributed by atoms with Crippen LogP contribution >= 0.6 is 0 Å². The van der Waals surface area contributed by atoms with E-state index in [0.29, 0.717) is 24.7 Å². The van der Waals surface area contributed by atoms with Crippen LogP contribution in [-0.2, 0) is 4.74 Å². The first-order valence-electron chi connectivity index (χ1n) is 8.03. The fourth-order valence-electron chi connectivity index (χ4n) is 2.57. The third-order valence-electron chi connectivity index (χ3n) is 3.73. The van der Waals surface area contributed by atoms with Gasteiger partial charge in [-0.15, -0.1) is 20.4 Å². The van der Waals surface area contributed by atoms with Gasteiger partial charge in [-0.25, -0.2) is 4.79 Å². The number of hydrogen-bond acceptors (Lipinski definition) is 6. The van der Waals surface area contributed by atoms with Crippen molar-refractivity contribution in [1.82, 2.24) is 25.3 Å². The van der Waals surface area contributed by atoms with E-state index in [1.165, 1.54) is 0 Å². The molecule has 0 spiro atoms. The second kappa shape index (κ2) is 6.51. The van der Waals surface area contributed by atoms with E-state index >= 15 is 0 Å². The number of ether oxygens (including phenoxy) is 1. The predicted octanol–water partition coefficient (Wildman–Crippen LogP) is 2.66. The maximum atomic E-state index is 12.1. The van der Waals surface area contributed by atoms with Gasteiger partial charge in [-0.1, -0.05) is 30.3 Å². The summed E-state index contributed by atoms with van der Waals surface area (Å²) >= 11 is 0. The third kappa shape index (κ3) is 3.84. The van der Waals surface area contributed by atoms with Crippen molar-refractivity contribution in [1.29, 1.82) is 0 Å². The molecule has 1 aliphatic rings. The Hall–Kier alpha value is -2.57. The molecule has 1 amide bonds. The van der Waals surface area contributed by atoms with Crippen LogP contribution in [0.1, 0.15) is 38.9 Å². The van der Waals surface area contributed by atoms with Gasteiger partial charge in [-0.2, -0.15) is 0 Å². The Balaban J connectivity index is 1.65. The van der Waals surface area contributed by atoms with E-state index in [0.717, 1.165) is 12.0 Å². The number of likely N-dealkylation sites (tertiary alicyclic amines) is 1. The second-order valence-corrected chi connectivity index (χ2v) is 6.86. The fraction of sp³-hybridized carbons (Fsp3) is 0.471. The summed E-state index contributed by atoms with van der Waals surface area (Å²) in [7, 11) is 0. The van der Waals surface area contributed by atoms with Crippen LogP contribution in [0, 0.1) is 0 Å². The standard InChI is InChI=1S/C17H21N5O2/c1-17(2,3)24-16(23)22-10-9-13(11-22)15-20-18-14(19-21-15)12-7-5-4-6-8-12/h4-8,13H,9-11H2,1-3H3. The van der Waals surface area contributed by atoms with Crippen LogP contribution in [0.3, 0.4) is 0 Å². The van der Waals surface area contributed by atoms with Gasteiger partial charge in [0.05, 0.1) is 0 Å². The molecule has 0 aliphatic carbocycles. The average molecular weight is 327 g/mol. The van der Waals surface area contributed by atoms with E-state index in [9.17, 15) is 4.79 Å². The molecule has 7 nitrogen and oxygen atoms in total. The highest BCUT2D eigenvalue weighted by molar-refractivity contribution is 5.68. The summed E-state index contributed by atoms with van der Waals surface area (Å²) in [4.78, 5) is 13.8. The molecule has 1 aliphatic heterocycles. The summed E-state index contributed by atoms with van der Waals surface area (Å²) in [5, 5.41) is 16.7. The summed E-state index contributed by atoms with van der Waals surface area (Å²) in [5.74, 6) is 1.12. The van der Waals surface area contributed by atoms with Crippen molar-refractivity contribution >= 4 is 6.09 Å². The molecule has 0 saturated carbocycles. The molecule has 2 heterocycles. The number of carbonyl (C=O) groups is 1. The highest BCUT2D eigenvalue weighted by Gasteiger charge is 2.32. The molecule has 1 saturated heterocycles. The Morgan fingerprint density at radius 1 is 1.12 bits per heavy atom. The zero-order chi connectivity index (χ0) is 17.2. The van der Waals surface area contributed by atoms with Crippen LogP contribution in [0.5, 0.6) is 0 Å². The summed E-state index contributed by atoms with van der Waals surface area (Å²) in [6, 6.07) is 9.60. The van der Waals surface area contributed by atoms with E-state index in [-0.39, 0.29) is 12.0 Å². The normalized spacial score (nSPS) is 17.8. The van der Waals surface area contributed by atoms with Gasteiger partial charge in [0.1, 0.15) is 5.60 Å². The monoisotopic (exact) mass is 327 g/mol. The van der Waals surface area contributed by atoms with Crippen molar-refractivity contribution in [3.63, 3.8) is 0 Å². The minimum absolute atomic E-state index is 0.0438. The van der Waals surface area contributed by atoms with Gasteiger partial charge >= 0.3 is 6.09 Å². The zero-order valence-corrected chi connectivity index (χ0v) is 14.1. The lowest BCUT2D eigenvalue weighted by atomic mass is 10.1. The number of benzene rings is 1. The maximum Gasteiger partial charge on any atom is 0.410 e. The highest BCUT2D eigenvalue weighted by Crippen LogP contribution is 2.25. The molecule has 7 heteroatoms. The number of amides is 1. The molecule has 24 heavy (non-hydrogen) atoms. The lowest BCUT2D eigenvalue weighted by Gasteiger charge is -2.24. The van der Waals surface area contributed by atoms with Crippen LogP contribution in [0.15, 0.2) is 30.3 Å². The van der Waals surface area contributed by atoms with Gasteiger partial charge in [0.15, 0.2) is 5.82 Å². The molecule has 1 fully saturated rings. The molecule has 0 radical (unpaired) electrons. The minimum Gasteiger partial charge on any atom is -0.444 e. The summed E-state index contributed by atoms with van der Waals surface area (Å²) in [6.07, 6.45) is 0.486. The first-order chi connectivity index (χ1) is 11.4. The highest BCUT2D eigenvalue weighted by atomic mass is 16.6. The molecule has 0 N–H and O–H groups in total. The van der Waals surface area contributed by atoms with Gasteiger partial charge in [-0.3, -0.25) is 0 Å². The van der Waals surface area contributed by atoms with Gasteiger partial charge in [0.2, 0.25) is 5.82 Å². The molecule has 3 rings (SSSR count). The number of nitrogens with zero attached hydrogens (tertiary/aromatic N) is 5. The van der Waals surface area contributed by atoms with E-state index < -0.39 is 5.60 Å². The van der Waals surface area contributed by atoms with Crippen molar-refractivity contribution in [3.8, 4) is 11.4 Å². The molecular formula is C17H21N5O2. The van der Waals surface area contributed by atoms with Gasteiger partial charge in [-0.05, 0) is 27.2 Å². The van der Waals surface area contributed by atoms with E-state index in [2.05, 4.69) is 20.4 Å². The van der Waals surface area contributed by atoms with Gasteiger partial charge in [0.25, 0.3) is 0 Å². The lowest BCUT2D eigenvalue weighted by molar-refractivity contribution is 0.0292. The number of aromatic nitrogens is 4. The molecule has 0 bridgehead atoms. The number of hydrogen-bond donors (Lipinski definition) is 0.